The van der Waals surface area contributed by atoms with Crippen molar-refractivity contribution in [3.05, 3.63) is 11.9 Å². The van der Waals surface area contributed by atoms with Gasteiger partial charge in [0.25, 0.3) is 0 Å². The van der Waals surface area contributed by atoms with Crippen LogP contribution < -0.4 is 5.32 Å². The predicted octanol–water partition coefficient (Wildman–Crippen LogP) is -0.205. The molecule has 2 rings (SSSR count). The Morgan fingerprint density at radius 2 is 2.29 bits per heavy atom. The fourth-order valence-corrected chi connectivity index (χ4v) is 2.07. The number of hydrogen-bond acceptors (Lipinski definition) is 5. The van der Waals surface area contributed by atoms with Crippen LogP contribution in [0.15, 0.2) is 6.20 Å². The normalized spacial score (nSPS) is 22.1. The summed E-state index contributed by atoms with van der Waals surface area (Å²) in [5.41, 5.74) is -0.114. The van der Waals surface area contributed by atoms with Gasteiger partial charge in [0.15, 0.2) is 5.69 Å². The van der Waals surface area contributed by atoms with Crippen LogP contribution in [0.25, 0.3) is 0 Å². The molecule has 0 bridgehead atoms. The van der Waals surface area contributed by atoms with Gasteiger partial charge in [-0.25, -0.2) is 14.3 Å². The van der Waals surface area contributed by atoms with E-state index in [0.717, 1.165) is 0 Å². The first-order chi connectivity index (χ1) is 9.97. The molecule has 0 spiro atoms. The molecule has 1 saturated heterocycles. The maximum Gasteiger partial charge on any atom is 0.358 e. The summed E-state index contributed by atoms with van der Waals surface area (Å²) >= 11 is 0. The Labute approximate surface area is 121 Å². The quantitative estimate of drug-likeness (QED) is 0.796. The summed E-state index contributed by atoms with van der Waals surface area (Å²) in [4.78, 5) is 24.5. The summed E-state index contributed by atoms with van der Waals surface area (Å²) in [6.45, 7) is 5.65. The van der Waals surface area contributed by atoms with Gasteiger partial charge in [0, 0.05) is 13.1 Å². The molecule has 0 aliphatic carbocycles. The SMILES string of the molecule is CC1CN(C(=O)NCCn2cc(C(=O)O)nn2)C(C)CO1. The minimum atomic E-state index is -1.12. The van der Waals surface area contributed by atoms with E-state index in [4.69, 9.17) is 9.84 Å². The van der Waals surface area contributed by atoms with Gasteiger partial charge in [0.1, 0.15) is 0 Å². The molecule has 2 atom stereocenters. The second-order valence-electron chi connectivity index (χ2n) is 5.05. The van der Waals surface area contributed by atoms with Gasteiger partial charge in [-0.05, 0) is 13.8 Å². The van der Waals surface area contributed by atoms with Crippen molar-refractivity contribution in [2.24, 2.45) is 0 Å². The summed E-state index contributed by atoms with van der Waals surface area (Å²) in [5.74, 6) is -1.12. The molecule has 9 nitrogen and oxygen atoms in total. The third kappa shape index (κ3) is 3.91. The summed E-state index contributed by atoms with van der Waals surface area (Å²) in [6.07, 6.45) is 1.36. The lowest BCUT2D eigenvalue weighted by molar-refractivity contribution is -0.0317. The molecule has 1 aliphatic heterocycles. The van der Waals surface area contributed by atoms with Crippen molar-refractivity contribution in [1.29, 1.82) is 0 Å². The number of carbonyl (C=O) groups excluding carboxylic acids is 1. The second kappa shape index (κ2) is 6.53. The lowest BCUT2D eigenvalue weighted by atomic mass is 10.2. The monoisotopic (exact) mass is 297 g/mol. The van der Waals surface area contributed by atoms with E-state index < -0.39 is 5.97 Å². The van der Waals surface area contributed by atoms with E-state index in [2.05, 4.69) is 15.6 Å². The number of amides is 2. The predicted molar refractivity (Wildman–Crippen MR) is 72.0 cm³/mol. The zero-order chi connectivity index (χ0) is 15.4. The van der Waals surface area contributed by atoms with Crippen molar-refractivity contribution in [2.75, 3.05) is 19.7 Å². The van der Waals surface area contributed by atoms with Gasteiger partial charge in [-0.3, -0.25) is 0 Å². The third-order valence-corrected chi connectivity index (χ3v) is 3.24. The number of morpholine rings is 1. The Balaban J connectivity index is 1.79. The van der Waals surface area contributed by atoms with Crippen molar-refractivity contribution in [1.82, 2.24) is 25.2 Å². The topological polar surface area (TPSA) is 110 Å². The number of carboxylic acid groups (broad SMARTS) is 1. The Hall–Kier alpha value is -2.16. The number of ether oxygens (including phenoxy) is 1. The molecule has 0 radical (unpaired) electrons. The highest BCUT2D eigenvalue weighted by Crippen LogP contribution is 2.11. The Bertz CT molecular complexity index is 518. The number of hydrogen-bond donors (Lipinski definition) is 2. The molecule has 1 aromatic heterocycles. The van der Waals surface area contributed by atoms with Gasteiger partial charge >= 0.3 is 12.0 Å². The Morgan fingerprint density at radius 3 is 2.95 bits per heavy atom. The van der Waals surface area contributed by atoms with Crippen LogP contribution >= 0.6 is 0 Å². The molecule has 0 saturated carbocycles. The van der Waals surface area contributed by atoms with Crippen molar-refractivity contribution in [2.45, 2.75) is 32.5 Å². The van der Waals surface area contributed by atoms with Gasteiger partial charge in [-0.2, -0.15) is 0 Å². The number of nitrogens with one attached hydrogen (secondary N) is 1. The minimum Gasteiger partial charge on any atom is -0.476 e. The molecule has 2 amide bonds. The lowest BCUT2D eigenvalue weighted by Gasteiger charge is -2.36. The largest absolute Gasteiger partial charge is 0.476 e. The molecule has 2 heterocycles. The molecule has 9 heteroatoms. The first-order valence-electron chi connectivity index (χ1n) is 6.77. The summed E-state index contributed by atoms with van der Waals surface area (Å²) in [7, 11) is 0. The van der Waals surface area contributed by atoms with E-state index >= 15 is 0 Å². The van der Waals surface area contributed by atoms with E-state index in [9.17, 15) is 9.59 Å². The lowest BCUT2D eigenvalue weighted by Crippen LogP contribution is -2.53. The minimum absolute atomic E-state index is 0.0281. The van der Waals surface area contributed by atoms with Gasteiger partial charge in [-0.1, -0.05) is 5.21 Å². The van der Waals surface area contributed by atoms with Crippen LogP contribution in [0.3, 0.4) is 0 Å². The van der Waals surface area contributed by atoms with Crippen LogP contribution in [0.5, 0.6) is 0 Å². The average molecular weight is 297 g/mol. The number of aromatic nitrogens is 3. The summed E-state index contributed by atoms with van der Waals surface area (Å²) in [6, 6.07) is -0.123. The summed E-state index contributed by atoms with van der Waals surface area (Å²) < 4.78 is 6.85. The van der Waals surface area contributed by atoms with Crippen molar-refractivity contribution < 1.29 is 19.4 Å². The number of urea groups is 1. The molecule has 1 aliphatic rings. The van der Waals surface area contributed by atoms with E-state index in [1.807, 2.05) is 13.8 Å². The maximum absolute atomic E-state index is 12.1. The Morgan fingerprint density at radius 1 is 1.52 bits per heavy atom. The smallest absolute Gasteiger partial charge is 0.358 e. The first-order valence-corrected chi connectivity index (χ1v) is 6.77. The molecule has 1 aromatic rings. The van der Waals surface area contributed by atoms with E-state index in [-0.39, 0.29) is 23.9 Å². The van der Waals surface area contributed by atoms with Crippen LogP contribution in [0, 0.1) is 0 Å². The average Bonchev–Trinajstić information content (AvgIpc) is 2.90. The molecule has 116 valence electrons. The molecule has 1 fully saturated rings. The molecular formula is C12H19N5O4. The number of carbonyl (C=O) groups is 2. The van der Waals surface area contributed by atoms with Crippen molar-refractivity contribution >= 4 is 12.0 Å². The van der Waals surface area contributed by atoms with Crippen LogP contribution in [0.1, 0.15) is 24.3 Å². The fraction of sp³-hybridized carbons (Fsp3) is 0.667. The maximum atomic E-state index is 12.1. The highest BCUT2D eigenvalue weighted by atomic mass is 16.5. The number of aromatic carboxylic acids is 1. The molecule has 21 heavy (non-hydrogen) atoms. The zero-order valence-corrected chi connectivity index (χ0v) is 12.0. The van der Waals surface area contributed by atoms with Gasteiger partial charge < -0.3 is 20.1 Å². The van der Waals surface area contributed by atoms with Crippen LogP contribution in [0.2, 0.25) is 0 Å². The molecular weight excluding hydrogens is 278 g/mol. The van der Waals surface area contributed by atoms with Gasteiger partial charge in [-0.15, -0.1) is 5.10 Å². The third-order valence-electron chi connectivity index (χ3n) is 3.24. The van der Waals surface area contributed by atoms with E-state index in [1.165, 1.54) is 10.9 Å². The van der Waals surface area contributed by atoms with Gasteiger partial charge in [0.05, 0.1) is 31.5 Å². The first kappa shape index (κ1) is 15.2. The number of rotatable bonds is 4. The van der Waals surface area contributed by atoms with E-state index in [1.54, 1.807) is 4.90 Å². The molecule has 2 N–H and O–H groups in total. The summed E-state index contributed by atoms with van der Waals surface area (Å²) in [5, 5.41) is 18.7. The van der Waals surface area contributed by atoms with Crippen LogP contribution in [0.4, 0.5) is 4.79 Å². The number of carboxylic acids is 1. The van der Waals surface area contributed by atoms with Crippen LogP contribution in [-0.4, -0.2) is 68.8 Å². The highest BCUT2D eigenvalue weighted by Gasteiger charge is 2.27. The zero-order valence-electron chi connectivity index (χ0n) is 12.0. The second-order valence-corrected chi connectivity index (χ2v) is 5.05. The molecule has 2 unspecified atom stereocenters. The fourth-order valence-electron chi connectivity index (χ4n) is 2.07. The standard InChI is InChI=1S/C12H19N5O4/c1-8-7-21-9(2)5-17(8)12(20)13-3-4-16-6-10(11(18)19)14-15-16/h6,8-9H,3-5,7H2,1-2H3,(H,13,20)(H,18,19). The van der Waals surface area contributed by atoms with Gasteiger partial charge in [0.2, 0.25) is 0 Å². The van der Waals surface area contributed by atoms with Crippen LogP contribution in [-0.2, 0) is 11.3 Å². The Kier molecular flexibility index (Phi) is 4.73. The molecule has 0 aromatic carbocycles. The van der Waals surface area contributed by atoms with E-state index in [0.29, 0.717) is 26.2 Å². The van der Waals surface area contributed by atoms with Crippen molar-refractivity contribution in [3.63, 3.8) is 0 Å². The number of nitrogens with zero attached hydrogens (tertiary/aromatic N) is 4. The van der Waals surface area contributed by atoms with Crippen molar-refractivity contribution in [3.8, 4) is 0 Å². The highest BCUT2D eigenvalue weighted by molar-refractivity contribution is 5.84.